The number of nitrogens with zero attached hydrogens (tertiary/aromatic N) is 8. The SMILES string of the molecule is CC(=O)[C@@H]1CC(Oc2nccc3c(C)noc23)CN1C(=O)OC(C)(C)C.CC(C)(C)OC(=O)N1CC(O)C[C@H]1C(=O)O.Cc1noc2c(Cl)nccc12.Cc1noc2cnccc12. The Balaban J connectivity index is 0.000000171. The fourth-order valence-corrected chi connectivity index (χ4v) is 6.64. The number of carbonyl (C=O) groups is 4. The number of likely N-dealkylation sites (tertiary alicyclic amines) is 2. The molecule has 2 aliphatic heterocycles. The smallest absolute Gasteiger partial charge is 0.411 e. The number of carbonyl (C=O) groups excluding carboxylic acids is 3. The molecular weight excluding hydrogens is 844 g/mol. The molecule has 338 valence electrons. The first kappa shape index (κ1) is 47.6. The van der Waals surface area contributed by atoms with Crippen LogP contribution in [0.4, 0.5) is 9.59 Å². The summed E-state index contributed by atoms with van der Waals surface area (Å²) in [5, 5.41) is 32.8. The Kier molecular flexibility index (Phi) is 14.9. The highest BCUT2D eigenvalue weighted by molar-refractivity contribution is 6.33. The number of aliphatic hydroxyl groups excluding tert-OH is 1. The Bertz CT molecular complexity index is 2560. The van der Waals surface area contributed by atoms with Crippen molar-refractivity contribution in [3.8, 4) is 5.88 Å². The number of amides is 2. The van der Waals surface area contributed by atoms with E-state index >= 15 is 0 Å². The molecule has 2 N–H and O–H groups in total. The van der Waals surface area contributed by atoms with Gasteiger partial charge in [0.1, 0.15) is 23.3 Å². The maximum absolute atomic E-state index is 12.4. The molecule has 6 aromatic rings. The maximum atomic E-state index is 12.4. The fraction of sp³-hybridized carbons (Fsp3) is 0.476. The highest BCUT2D eigenvalue weighted by Crippen LogP contribution is 2.30. The zero-order chi connectivity index (χ0) is 46.4. The molecule has 21 heteroatoms. The Labute approximate surface area is 366 Å². The molecule has 0 radical (unpaired) electrons. The van der Waals surface area contributed by atoms with Gasteiger partial charge in [-0.3, -0.25) is 19.6 Å². The van der Waals surface area contributed by atoms with Crippen LogP contribution in [0.5, 0.6) is 5.88 Å². The number of hydrogen-bond donors (Lipinski definition) is 2. The number of β-amino-alcohol motifs (C(OH)–C–C–N with tert-alkyl or cyclic N) is 1. The molecule has 2 unspecified atom stereocenters. The van der Waals surface area contributed by atoms with Crippen LogP contribution in [0.2, 0.25) is 5.15 Å². The minimum atomic E-state index is -1.12. The van der Waals surface area contributed by atoms with Crippen molar-refractivity contribution in [3.63, 3.8) is 0 Å². The molecule has 0 bridgehead atoms. The molecule has 2 amide bonds. The monoisotopic (exact) mass is 894 g/mol. The largest absolute Gasteiger partial charge is 0.480 e. The van der Waals surface area contributed by atoms with E-state index in [2.05, 4.69) is 30.4 Å². The zero-order valence-corrected chi connectivity index (χ0v) is 37.4. The number of carboxylic acids is 1. The average molecular weight is 895 g/mol. The van der Waals surface area contributed by atoms with Crippen LogP contribution in [0.3, 0.4) is 0 Å². The quantitative estimate of drug-likeness (QED) is 0.168. The van der Waals surface area contributed by atoms with Crippen LogP contribution in [0.25, 0.3) is 32.9 Å². The van der Waals surface area contributed by atoms with Gasteiger partial charge in [-0.1, -0.05) is 27.1 Å². The summed E-state index contributed by atoms with van der Waals surface area (Å²) in [6.45, 7) is 17.8. The van der Waals surface area contributed by atoms with Crippen LogP contribution in [0, 0.1) is 20.8 Å². The standard InChI is InChI=1S/C18H23N3O5.C10H17NO5.C7H5ClN2O.C7H6N2O/c1-10-13-6-7-19-16(15(13)26-20-10)24-12-8-14(11(2)22)21(9-12)17(23)25-18(3,4)5;1-10(2,3)16-9(15)11-5-6(12)4-7(11)8(13)14;1-4-5-2-3-9-7(8)6(5)11-10-4;1-5-6-2-3-8-4-7(6)10-9-5/h6-7,12,14H,8-9H2,1-5H3;6-7,12H,4-5H2,1-3H3,(H,13,14);2-3H,1H3;2-4H,1H3/t12?,14-;6?,7-;;/m00../s1. The average Bonchev–Trinajstić information content (AvgIpc) is 4.04. The van der Waals surface area contributed by atoms with Gasteiger partial charge < -0.3 is 38.0 Å². The van der Waals surface area contributed by atoms with Gasteiger partial charge in [-0.15, -0.1) is 0 Å². The Morgan fingerprint density at radius 3 is 1.81 bits per heavy atom. The van der Waals surface area contributed by atoms with Gasteiger partial charge in [0.15, 0.2) is 16.5 Å². The van der Waals surface area contributed by atoms with E-state index in [1.54, 1.807) is 72.4 Å². The predicted molar refractivity (Wildman–Crippen MR) is 226 cm³/mol. The summed E-state index contributed by atoms with van der Waals surface area (Å²) in [6.07, 6.45) is 4.66. The van der Waals surface area contributed by atoms with Gasteiger partial charge in [0, 0.05) is 42.2 Å². The highest BCUT2D eigenvalue weighted by atomic mass is 35.5. The summed E-state index contributed by atoms with van der Waals surface area (Å²) >= 11 is 5.73. The number of ether oxygens (including phenoxy) is 3. The first-order chi connectivity index (χ1) is 29.5. The molecular formula is C42H51ClN8O12. The molecule has 6 aromatic heterocycles. The minimum Gasteiger partial charge on any atom is -0.480 e. The van der Waals surface area contributed by atoms with Crippen molar-refractivity contribution in [2.75, 3.05) is 13.1 Å². The van der Waals surface area contributed by atoms with Crippen molar-refractivity contribution in [2.24, 2.45) is 0 Å². The number of hydrogen-bond acceptors (Lipinski definition) is 17. The number of aliphatic hydroxyl groups is 1. The molecule has 63 heavy (non-hydrogen) atoms. The third kappa shape index (κ3) is 12.4. The number of aryl methyl sites for hydroxylation is 3. The fourth-order valence-electron chi connectivity index (χ4n) is 6.44. The van der Waals surface area contributed by atoms with Gasteiger partial charge in [0.2, 0.25) is 11.2 Å². The normalized spacial score (nSPS) is 18.5. The van der Waals surface area contributed by atoms with Crippen molar-refractivity contribution in [1.29, 1.82) is 0 Å². The number of Topliss-reactive ketones (excluding diaryl/α,β-unsaturated/α-hetero) is 1. The Morgan fingerprint density at radius 1 is 0.730 bits per heavy atom. The molecule has 0 saturated carbocycles. The van der Waals surface area contributed by atoms with Crippen molar-refractivity contribution in [3.05, 3.63) is 65.2 Å². The van der Waals surface area contributed by atoms with Gasteiger partial charge in [-0.05, 0) is 87.4 Å². The van der Waals surface area contributed by atoms with Gasteiger partial charge >= 0.3 is 18.2 Å². The summed E-state index contributed by atoms with van der Waals surface area (Å²) in [4.78, 5) is 61.4. The Hall–Kier alpha value is -6.41. The van der Waals surface area contributed by atoms with E-state index in [0.29, 0.717) is 28.6 Å². The number of aliphatic carboxylic acids is 1. The van der Waals surface area contributed by atoms with Gasteiger partial charge in [0.05, 0.1) is 53.9 Å². The lowest BCUT2D eigenvalue weighted by Crippen LogP contribution is -2.43. The van der Waals surface area contributed by atoms with E-state index in [4.69, 9.17) is 44.5 Å². The van der Waals surface area contributed by atoms with Crippen LogP contribution < -0.4 is 4.74 Å². The molecule has 2 saturated heterocycles. The summed E-state index contributed by atoms with van der Waals surface area (Å²) < 4.78 is 31.6. The van der Waals surface area contributed by atoms with Gasteiger partial charge in [-0.2, -0.15) is 0 Å². The molecule has 0 aliphatic carbocycles. The van der Waals surface area contributed by atoms with Gasteiger partial charge in [-0.25, -0.2) is 24.4 Å². The number of fused-ring (bicyclic) bond motifs is 3. The topological polar surface area (TPSA) is 260 Å². The van der Waals surface area contributed by atoms with Crippen LogP contribution in [-0.4, -0.2) is 123 Å². The van der Waals surface area contributed by atoms with Crippen LogP contribution >= 0.6 is 11.6 Å². The van der Waals surface area contributed by atoms with Crippen molar-refractivity contribution in [2.45, 2.75) is 118 Å². The molecule has 0 spiro atoms. The summed E-state index contributed by atoms with van der Waals surface area (Å²) in [7, 11) is 0. The second-order valence-corrected chi connectivity index (χ2v) is 17.1. The van der Waals surface area contributed by atoms with E-state index in [9.17, 15) is 24.3 Å². The third-order valence-corrected chi connectivity index (χ3v) is 9.62. The summed E-state index contributed by atoms with van der Waals surface area (Å²) in [5.41, 5.74) is 2.96. The maximum Gasteiger partial charge on any atom is 0.411 e. The van der Waals surface area contributed by atoms with E-state index in [1.165, 1.54) is 11.8 Å². The lowest BCUT2D eigenvalue weighted by atomic mass is 10.1. The first-order valence-electron chi connectivity index (χ1n) is 19.8. The van der Waals surface area contributed by atoms with Crippen molar-refractivity contribution in [1.82, 2.24) is 40.2 Å². The van der Waals surface area contributed by atoms with Crippen molar-refractivity contribution >= 4 is 68.4 Å². The number of pyridine rings is 3. The predicted octanol–water partition coefficient (Wildman–Crippen LogP) is 7.03. The molecule has 2 fully saturated rings. The molecule has 0 aromatic carbocycles. The number of rotatable bonds is 4. The van der Waals surface area contributed by atoms with E-state index in [0.717, 1.165) is 43.7 Å². The second-order valence-electron chi connectivity index (χ2n) is 16.8. The van der Waals surface area contributed by atoms with E-state index in [-0.39, 0.29) is 31.4 Å². The van der Waals surface area contributed by atoms with Crippen LogP contribution in [-0.2, 0) is 19.1 Å². The summed E-state index contributed by atoms with van der Waals surface area (Å²) in [6, 6.07) is 3.94. The number of halogens is 1. The molecule has 4 atom stereocenters. The number of aromatic nitrogens is 6. The zero-order valence-electron chi connectivity index (χ0n) is 36.6. The van der Waals surface area contributed by atoms with Crippen molar-refractivity contribution < 1.29 is 57.2 Å². The van der Waals surface area contributed by atoms with Gasteiger partial charge in [0.25, 0.3) is 5.88 Å². The first-order valence-corrected chi connectivity index (χ1v) is 20.2. The number of ketones is 1. The Morgan fingerprint density at radius 2 is 1.25 bits per heavy atom. The van der Waals surface area contributed by atoms with E-state index in [1.807, 2.05) is 32.9 Å². The second kappa shape index (κ2) is 19.7. The lowest BCUT2D eigenvalue weighted by Gasteiger charge is -2.27. The van der Waals surface area contributed by atoms with E-state index < -0.39 is 47.5 Å². The third-order valence-electron chi connectivity index (χ3n) is 9.35. The van der Waals surface area contributed by atoms with Crippen LogP contribution in [0.1, 0.15) is 78.4 Å². The molecule has 8 rings (SSSR count). The lowest BCUT2D eigenvalue weighted by molar-refractivity contribution is -0.142. The minimum absolute atomic E-state index is 0.00583. The number of carboxylic acid groups (broad SMARTS) is 1. The molecule has 8 heterocycles. The molecule has 2 aliphatic rings. The van der Waals surface area contributed by atoms with Crippen LogP contribution in [0.15, 0.2) is 56.6 Å². The summed E-state index contributed by atoms with van der Waals surface area (Å²) in [5.74, 6) is -0.924. The molecule has 20 nitrogen and oxygen atoms in total. The highest BCUT2D eigenvalue weighted by Gasteiger charge is 2.42.